The number of carbonyl (C=O) groups excluding carboxylic acids is 1. The molecular formula is C38H51N2O2+. The molecule has 2 heterocycles. The number of allylic oxidation sites excluding steroid dienone is 2. The smallest absolute Gasteiger partial charge is 0.209 e. The molecule has 0 radical (unpaired) electrons. The molecule has 0 aromatic heterocycles. The minimum absolute atomic E-state index is 0.0536. The second-order valence-electron chi connectivity index (χ2n) is 13.6. The van der Waals surface area contributed by atoms with Gasteiger partial charge in [-0.1, -0.05) is 102 Å². The second-order valence-corrected chi connectivity index (χ2v) is 13.6. The van der Waals surface area contributed by atoms with Crippen LogP contribution in [-0.4, -0.2) is 40.4 Å². The summed E-state index contributed by atoms with van der Waals surface area (Å²) in [5.74, 6) is -0.457. The summed E-state index contributed by atoms with van der Waals surface area (Å²) in [5.41, 5.74) is 7.42. The summed E-state index contributed by atoms with van der Waals surface area (Å²) < 4.78 is 2.40. The summed E-state index contributed by atoms with van der Waals surface area (Å²) >= 11 is 0. The van der Waals surface area contributed by atoms with Crippen LogP contribution < -0.4 is 4.90 Å². The van der Waals surface area contributed by atoms with Gasteiger partial charge in [-0.05, 0) is 38.3 Å². The Hall–Kier alpha value is -2.98. The number of carbonyl (C=O) groups is 1. The Bertz CT molecular complexity index is 1410. The van der Waals surface area contributed by atoms with Gasteiger partial charge in [0.2, 0.25) is 5.69 Å². The largest absolute Gasteiger partial charge is 0.387 e. The van der Waals surface area contributed by atoms with Crippen molar-refractivity contribution in [3.05, 3.63) is 83.1 Å². The zero-order valence-corrected chi connectivity index (χ0v) is 26.7. The molecule has 1 saturated carbocycles. The predicted molar refractivity (Wildman–Crippen MR) is 175 cm³/mol. The number of Topliss-reactive ketones (excluding diaryl/α,β-unsaturated/α-hetero) is 1. The van der Waals surface area contributed by atoms with Crippen molar-refractivity contribution in [1.29, 1.82) is 0 Å². The van der Waals surface area contributed by atoms with Crippen LogP contribution in [0.1, 0.15) is 104 Å². The van der Waals surface area contributed by atoms with Crippen molar-refractivity contribution >= 4 is 22.9 Å². The molecule has 0 spiro atoms. The zero-order chi connectivity index (χ0) is 30.1. The van der Waals surface area contributed by atoms with E-state index in [9.17, 15) is 9.90 Å². The fourth-order valence-electron chi connectivity index (χ4n) is 7.34. The van der Waals surface area contributed by atoms with Gasteiger partial charge in [0.25, 0.3) is 0 Å². The summed E-state index contributed by atoms with van der Waals surface area (Å²) in [7, 11) is 0. The van der Waals surface area contributed by atoms with E-state index in [1.165, 1.54) is 61.0 Å². The van der Waals surface area contributed by atoms with Crippen molar-refractivity contribution in [2.45, 2.75) is 110 Å². The number of aliphatic hydroxyl groups excluding tert-OH is 1. The first-order valence-electron chi connectivity index (χ1n) is 16.4. The molecule has 42 heavy (non-hydrogen) atoms. The van der Waals surface area contributed by atoms with Gasteiger partial charge in [0.15, 0.2) is 11.5 Å². The molecule has 224 valence electrons. The lowest BCUT2D eigenvalue weighted by Gasteiger charge is -2.35. The van der Waals surface area contributed by atoms with Crippen LogP contribution in [0.15, 0.2) is 72.0 Å². The molecular weight excluding hydrogens is 516 g/mol. The molecule has 2 aromatic rings. The summed E-state index contributed by atoms with van der Waals surface area (Å²) in [6, 6.07) is 17.2. The lowest BCUT2D eigenvalue weighted by molar-refractivity contribution is -0.438. The summed E-state index contributed by atoms with van der Waals surface area (Å²) in [5, 5.41) is 11.5. The van der Waals surface area contributed by atoms with Crippen molar-refractivity contribution in [1.82, 2.24) is 0 Å². The van der Waals surface area contributed by atoms with Gasteiger partial charge in [-0.15, -0.1) is 0 Å². The quantitative estimate of drug-likeness (QED) is 0.159. The highest BCUT2D eigenvalue weighted by atomic mass is 16.3. The number of rotatable bonds is 12. The van der Waals surface area contributed by atoms with Crippen LogP contribution >= 0.6 is 0 Å². The summed E-state index contributed by atoms with van der Waals surface area (Å²) in [6.07, 6.45) is 12.8. The molecule has 1 N–H and O–H groups in total. The van der Waals surface area contributed by atoms with Gasteiger partial charge in [0, 0.05) is 53.0 Å². The number of ketones is 1. The van der Waals surface area contributed by atoms with Gasteiger partial charge in [0.1, 0.15) is 6.54 Å². The average Bonchev–Trinajstić information content (AvgIpc) is 3.33. The minimum atomic E-state index is -0.791. The van der Waals surface area contributed by atoms with Gasteiger partial charge in [-0.25, -0.2) is 0 Å². The number of benzene rings is 2. The second kappa shape index (κ2) is 12.3. The number of unbranched alkanes of at least 4 members (excludes halogenated alkanes) is 6. The first-order chi connectivity index (χ1) is 20.1. The first kappa shape index (κ1) is 30.5. The molecule has 3 aliphatic rings. The molecule has 4 heteroatoms. The molecule has 2 aromatic carbocycles. The van der Waals surface area contributed by atoms with Crippen molar-refractivity contribution in [3.8, 4) is 0 Å². The standard InChI is InChI=1S/C38H51N2O2/c1-7-9-11-17-23-39-31-21-15-13-19-29(31)37(3,4)33(39)25-27-35(41)28(36(27)42)26-34-38(5,6)30-20-14-16-22-32(30)40(34)24-18-12-10-8-2/h13-16,19-22,25-27,35,41H,7-12,17-18,23-24H2,1-6H3/q+1. The van der Waals surface area contributed by atoms with Crippen LogP contribution in [-0.2, 0) is 15.6 Å². The number of para-hydroxylation sites is 2. The Balaban J connectivity index is 1.45. The van der Waals surface area contributed by atoms with Crippen LogP contribution in [0.5, 0.6) is 0 Å². The summed E-state index contributed by atoms with van der Waals surface area (Å²) in [6.45, 7) is 15.3. The lowest BCUT2D eigenvalue weighted by atomic mass is 9.71. The van der Waals surface area contributed by atoms with Gasteiger partial charge in [0.05, 0.1) is 17.4 Å². The molecule has 1 aliphatic carbocycles. The van der Waals surface area contributed by atoms with E-state index in [4.69, 9.17) is 0 Å². The van der Waals surface area contributed by atoms with E-state index in [2.05, 4.69) is 106 Å². The van der Waals surface area contributed by atoms with Gasteiger partial charge >= 0.3 is 0 Å². The minimum Gasteiger partial charge on any atom is -0.387 e. The van der Waals surface area contributed by atoms with Gasteiger partial charge in [-0.3, -0.25) is 4.79 Å². The number of aliphatic hydroxyl groups is 1. The topological polar surface area (TPSA) is 43.5 Å². The maximum absolute atomic E-state index is 13.8. The molecule has 1 fully saturated rings. The van der Waals surface area contributed by atoms with E-state index < -0.39 is 12.0 Å². The van der Waals surface area contributed by atoms with E-state index in [0.29, 0.717) is 5.57 Å². The highest BCUT2D eigenvalue weighted by Crippen LogP contribution is 2.49. The predicted octanol–water partition coefficient (Wildman–Crippen LogP) is 8.39. The first-order valence-corrected chi connectivity index (χ1v) is 16.4. The average molecular weight is 568 g/mol. The van der Waals surface area contributed by atoms with E-state index in [-0.39, 0.29) is 16.6 Å². The number of hydrogen-bond acceptors (Lipinski definition) is 3. The van der Waals surface area contributed by atoms with E-state index >= 15 is 0 Å². The Kier molecular flexibility index (Phi) is 8.94. The van der Waals surface area contributed by atoms with Crippen molar-refractivity contribution in [3.63, 3.8) is 0 Å². The highest BCUT2D eigenvalue weighted by molar-refractivity contribution is 6.14. The van der Waals surface area contributed by atoms with Crippen molar-refractivity contribution < 1.29 is 14.5 Å². The molecule has 0 saturated heterocycles. The van der Waals surface area contributed by atoms with Crippen LogP contribution in [0.2, 0.25) is 0 Å². The molecule has 4 nitrogen and oxygen atoms in total. The Labute approximate surface area is 253 Å². The zero-order valence-electron chi connectivity index (χ0n) is 26.7. The van der Waals surface area contributed by atoms with Crippen LogP contribution in [0.25, 0.3) is 0 Å². The van der Waals surface area contributed by atoms with E-state index in [0.717, 1.165) is 37.3 Å². The maximum atomic E-state index is 13.8. The Morgan fingerprint density at radius 2 is 1.48 bits per heavy atom. The fourth-order valence-corrected chi connectivity index (χ4v) is 7.34. The maximum Gasteiger partial charge on any atom is 0.209 e. The monoisotopic (exact) mass is 567 g/mol. The molecule has 5 rings (SSSR count). The van der Waals surface area contributed by atoms with Gasteiger partial charge in [-0.2, -0.15) is 4.58 Å². The van der Waals surface area contributed by atoms with Crippen LogP contribution in [0, 0.1) is 5.92 Å². The molecule has 2 aliphatic heterocycles. The van der Waals surface area contributed by atoms with E-state index in [1.54, 1.807) is 0 Å². The Morgan fingerprint density at radius 3 is 2.17 bits per heavy atom. The fraction of sp³-hybridized carbons (Fsp3) is 0.526. The SMILES string of the molecule is CCCCCCN1C(=CC2C(=O)C(=CC3=[N+](CCCCCC)c4ccccc4C3(C)C)C2O)C(C)(C)c2ccccc21. The molecule has 2 atom stereocenters. The van der Waals surface area contributed by atoms with Gasteiger partial charge < -0.3 is 10.0 Å². The number of nitrogens with zero attached hydrogens (tertiary/aromatic N) is 2. The number of hydrogen-bond donors (Lipinski definition) is 1. The Morgan fingerprint density at radius 1 is 0.833 bits per heavy atom. The van der Waals surface area contributed by atoms with E-state index in [1.807, 2.05) is 6.08 Å². The third-order valence-corrected chi connectivity index (χ3v) is 9.94. The van der Waals surface area contributed by atoms with Crippen LogP contribution in [0.4, 0.5) is 11.4 Å². The third-order valence-electron chi connectivity index (χ3n) is 9.94. The van der Waals surface area contributed by atoms with Crippen molar-refractivity contribution in [2.24, 2.45) is 5.92 Å². The highest BCUT2D eigenvalue weighted by Gasteiger charge is 2.50. The van der Waals surface area contributed by atoms with Crippen LogP contribution in [0.3, 0.4) is 0 Å². The number of fused-ring (bicyclic) bond motifs is 2. The molecule has 0 amide bonds. The lowest BCUT2D eigenvalue weighted by Crippen LogP contribution is -2.46. The normalized spacial score (nSPS) is 24.0. The molecule has 0 bridgehead atoms. The molecule has 2 unspecified atom stereocenters. The number of anilines is 1. The van der Waals surface area contributed by atoms with Crippen molar-refractivity contribution in [2.75, 3.05) is 18.0 Å². The summed E-state index contributed by atoms with van der Waals surface area (Å²) in [4.78, 5) is 16.2. The third kappa shape index (κ3) is 5.32.